The molecular weight excluding hydrogens is 285 g/mol. The van der Waals surface area contributed by atoms with Gasteiger partial charge in [-0.05, 0) is 66.7 Å². The summed E-state index contributed by atoms with van der Waals surface area (Å²) in [4.78, 5) is 0. The summed E-state index contributed by atoms with van der Waals surface area (Å²) in [6, 6.07) is 5.44. The number of benzene rings is 1. The molecule has 21 heavy (non-hydrogen) atoms. The van der Waals surface area contributed by atoms with Crippen LogP contribution in [0, 0.1) is 23.1 Å². The van der Waals surface area contributed by atoms with Crippen LogP contribution in [0.4, 0.5) is 4.39 Å². The monoisotopic (exact) mass is 309 g/mol. The zero-order valence-corrected chi connectivity index (χ0v) is 13.7. The lowest BCUT2D eigenvalue weighted by molar-refractivity contribution is 0.151. The van der Waals surface area contributed by atoms with Gasteiger partial charge >= 0.3 is 0 Å². The maximum Gasteiger partial charge on any atom is 0.126 e. The van der Waals surface area contributed by atoms with Crippen molar-refractivity contribution >= 4 is 11.6 Å². The van der Waals surface area contributed by atoms with Crippen LogP contribution in [0.3, 0.4) is 0 Å². The van der Waals surface area contributed by atoms with Gasteiger partial charge in [-0.15, -0.1) is 0 Å². The largest absolute Gasteiger partial charge is 0.314 e. The van der Waals surface area contributed by atoms with Gasteiger partial charge in [0.05, 0.1) is 0 Å². The van der Waals surface area contributed by atoms with E-state index < -0.39 is 0 Å². The molecule has 0 spiro atoms. The molecule has 1 aromatic carbocycles. The number of rotatable bonds is 5. The number of halogens is 2. The molecule has 2 saturated carbocycles. The Balaban J connectivity index is 1.84. The molecule has 0 saturated heterocycles. The van der Waals surface area contributed by atoms with Crippen LogP contribution >= 0.6 is 11.6 Å². The molecule has 1 aromatic rings. The summed E-state index contributed by atoms with van der Waals surface area (Å²) in [5.41, 5.74) is 1.01. The summed E-state index contributed by atoms with van der Waals surface area (Å²) in [5.74, 6) is 1.49. The normalized spacial score (nSPS) is 31.3. The average molecular weight is 310 g/mol. The van der Waals surface area contributed by atoms with E-state index in [2.05, 4.69) is 19.2 Å². The summed E-state index contributed by atoms with van der Waals surface area (Å²) in [5, 5.41) is 4.25. The van der Waals surface area contributed by atoms with E-state index in [1.807, 2.05) is 6.07 Å². The van der Waals surface area contributed by atoms with Gasteiger partial charge < -0.3 is 5.32 Å². The van der Waals surface area contributed by atoms with Crippen LogP contribution in [0.1, 0.15) is 45.1 Å². The van der Waals surface area contributed by atoms with Gasteiger partial charge in [-0.2, -0.15) is 0 Å². The van der Waals surface area contributed by atoms with Crippen LogP contribution in [0.2, 0.25) is 5.02 Å². The van der Waals surface area contributed by atoms with Gasteiger partial charge in [0.25, 0.3) is 0 Å². The van der Waals surface area contributed by atoms with Crippen LogP contribution in [-0.2, 0) is 6.42 Å². The molecular formula is C18H25ClFN. The molecule has 3 rings (SSSR count). The van der Waals surface area contributed by atoms with E-state index in [4.69, 9.17) is 11.6 Å². The van der Waals surface area contributed by atoms with Crippen molar-refractivity contribution in [2.24, 2.45) is 17.3 Å². The first-order valence-electron chi connectivity index (χ1n) is 8.16. The lowest BCUT2D eigenvalue weighted by atomic mass is 9.69. The highest BCUT2D eigenvalue weighted by Gasteiger charge is 2.50. The highest BCUT2D eigenvalue weighted by atomic mass is 35.5. The molecule has 2 fully saturated rings. The lowest BCUT2D eigenvalue weighted by Crippen LogP contribution is -2.42. The Morgan fingerprint density at radius 2 is 2.19 bits per heavy atom. The molecule has 1 N–H and O–H groups in total. The van der Waals surface area contributed by atoms with Crippen molar-refractivity contribution in [3.8, 4) is 0 Å². The minimum Gasteiger partial charge on any atom is -0.314 e. The van der Waals surface area contributed by atoms with E-state index in [1.54, 1.807) is 6.07 Å². The Kier molecular flexibility index (Phi) is 4.29. The number of hydrogen-bond donors (Lipinski definition) is 1. The van der Waals surface area contributed by atoms with E-state index in [9.17, 15) is 4.39 Å². The molecule has 3 atom stereocenters. The molecule has 0 radical (unpaired) electrons. The van der Waals surface area contributed by atoms with E-state index in [-0.39, 0.29) is 11.2 Å². The molecule has 2 bridgehead atoms. The molecule has 116 valence electrons. The first-order valence-corrected chi connectivity index (χ1v) is 8.54. The summed E-state index contributed by atoms with van der Waals surface area (Å²) in [7, 11) is 0. The van der Waals surface area contributed by atoms with Crippen LogP contribution in [-0.4, -0.2) is 12.6 Å². The highest BCUT2D eigenvalue weighted by molar-refractivity contribution is 6.30. The van der Waals surface area contributed by atoms with E-state index in [0.717, 1.165) is 30.4 Å². The van der Waals surface area contributed by atoms with E-state index in [0.29, 0.717) is 11.1 Å². The zero-order valence-electron chi connectivity index (χ0n) is 13.0. The van der Waals surface area contributed by atoms with Crippen molar-refractivity contribution in [3.05, 3.63) is 34.6 Å². The number of fused-ring (bicyclic) bond motifs is 2. The van der Waals surface area contributed by atoms with Crippen molar-refractivity contribution in [3.63, 3.8) is 0 Å². The first kappa shape index (κ1) is 15.3. The maximum atomic E-state index is 14.2. The first-order chi connectivity index (χ1) is 9.98. The predicted molar refractivity (Wildman–Crippen MR) is 86.1 cm³/mol. The van der Waals surface area contributed by atoms with Crippen molar-refractivity contribution in [2.45, 2.75) is 52.0 Å². The molecule has 0 aliphatic heterocycles. The number of nitrogens with one attached hydrogen (secondary N) is 1. The quantitative estimate of drug-likeness (QED) is 0.821. The molecule has 1 nitrogen and oxygen atoms in total. The summed E-state index contributed by atoms with van der Waals surface area (Å²) in [6.07, 6.45) is 6.07. The molecule has 3 unspecified atom stereocenters. The Hall–Kier alpha value is -0.600. The fraction of sp³-hybridized carbons (Fsp3) is 0.667. The highest BCUT2D eigenvalue weighted by Crippen LogP contribution is 2.57. The van der Waals surface area contributed by atoms with Gasteiger partial charge in [-0.3, -0.25) is 0 Å². The van der Waals surface area contributed by atoms with Crippen LogP contribution in [0.15, 0.2) is 18.2 Å². The minimum atomic E-state index is -0.105. The Morgan fingerprint density at radius 1 is 1.38 bits per heavy atom. The van der Waals surface area contributed by atoms with Crippen LogP contribution < -0.4 is 5.32 Å². The molecule has 3 heteroatoms. The molecule has 2 aliphatic rings. The second-order valence-electron chi connectivity index (χ2n) is 7.39. The van der Waals surface area contributed by atoms with Gasteiger partial charge in [0.2, 0.25) is 0 Å². The van der Waals surface area contributed by atoms with Gasteiger partial charge in [0.15, 0.2) is 0 Å². The van der Waals surface area contributed by atoms with Gasteiger partial charge in [0, 0.05) is 17.6 Å². The third-order valence-corrected chi connectivity index (χ3v) is 5.75. The Labute approximate surface area is 132 Å². The third kappa shape index (κ3) is 3.12. The summed E-state index contributed by atoms with van der Waals surface area (Å²) < 4.78 is 14.2. The van der Waals surface area contributed by atoms with Gasteiger partial charge in [0.1, 0.15) is 5.82 Å². The van der Waals surface area contributed by atoms with E-state index >= 15 is 0 Å². The van der Waals surface area contributed by atoms with Crippen LogP contribution in [0.25, 0.3) is 0 Å². The SMILES string of the molecule is CC(C)NCC1(Cc2cc(Cl)ccc2F)CC2CCC1C2. The van der Waals surface area contributed by atoms with Gasteiger partial charge in [-0.25, -0.2) is 4.39 Å². The Morgan fingerprint density at radius 3 is 2.81 bits per heavy atom. The molecule has 0 aromatic heterocycles. The second kappa shape index (κ2) is 5.89. The summed E-state index contributed by atoms with van der Waals surface area (Å²) in [6.45, 7) is 5.36. The van der Waals surface area contributed by atoms with Crippen molar-refractivity contribution in [1.29, 1.82) is 0 Å². The molecule has 2 aliphatic carbocycles. The van der Waals surface area contributed by atoms with Crippen LogP contribution in [0.5, 0.6) is 0 Å². The molecule has 0 amide bonds. The smallest absolute Gasteiger partial charge is 0.126 e. The number of hydrogen-bond acceptors (Lipinski definition) is 1. The second-order valence-corrected chi connectivity index (χ2v) is 7.83. The topological polar surface area (TPSA) is 12.0 Å². The maximum absolute atomic E-state index is 14.2. The fourth-order valence-corrected chi connectivity index (χ4v) is 4.71. The predicted octanol–water partition coefficient (Wildman–Crippen LogP) is 4.83. The third-order valence-electron chi connectivity index (χ3n) is 5.52. The lowest BCUT2D eigenvalue weighted by Gasteiger charge is -2.39. The van der Waals surface area contributed by atoms with Gasteiger partial charge in [-0.1, -0.05) is 31.9 Å². The average Bonchev–Trinajstić information content (AvgIpc) is 3.02. The summed E-state index contributed by atoms with van der Waals surface area (Å²) >= 11 is 6.07. The van der Waals surface area contributed by atoms with Crippen molar-refractivity contribution in [2.75, 3.05) is 6.54 Å². The zero-order chi connectivity index (χ0) is 15.0. The molecule has 0 heterocycles. The van der Waals surface area contributed by atoms with Crippen molar-refractivity contribution < 1.29 is 4.39 Å². The standard InChI is InChI=1S/C18H25ClFN/c1-12(2)21-11-18(9-13-3-4-15(18)7-13)10-14-8-16(19)5-6-17(14)20/h5-6,8,12-13,15,21H,3-4,7,9-11H2,1-2H3. The minimum absolute atomic E-state index is 0.105. The van der Waals surface area contributed by atoms with E-state index in [1.165, 1.54) is 31.7 Å². The fourth-order valence-electron chi connectivity index (χ4n) is 4.52. The Bertz CT molecular complexity index is 516. The van der Waals surface area contributed by atoms with Crippen molar-refractivity contribution in [1.82, 2.24) is 5.32 Å².